The van der Waals surface area contributed by atoms with Gasteiger partial charge in [-0.05, 0) is 43.3 Å². The lowest BCUT2D eigenvalue weighted by Gasteiger charge is -2.21. The second-order valence-corrected chi connectivity index (χ2v) is 5.76. The van der Waals surface area contributed by atoms with Gasteiger partial charge >= 0.3 is 5.97 Å². The monoisotopic (exact) mass is 352 g/mol. The molecular formula is C19H16N2O5. The number of esters is 1. The second kappa shape index (κ2) is 6.79. The summed E-state index contributed by atoms with van der Waals surface area (Å²) in [7, 11) is 1.28. The number of rotatable bonds is 4. The van der Waals surface area contributed by atoms with E-state index in [1.807, 2.05) is 0 Å². The maximum atomic E-state index is 12.5. The normalized spacial score (nSPS) is 14.0. The molecule has 0 unspecified atom stereocenters. The van der Waals surface area contributed by atoms with E-state index in [1.165, 1.54) is 26.2 Å². The van der Waals surface area contributed by atoms with E-state index in [0.717, 1.165) is 4.90 Å². The van der Waals surface area contributed by atoms with Crippen molar-refractivity contribution in [1.82, 2.24) is 4.90 Å². The first-order chi connectivity index (χ1) is 12.4. The Bertz CT molecular complexity index is 869. The highest BCUT2D eigenvalue weighted by molar-refractivity contribution is 6.23. The fraction of sp³-hybridized carbons (Fsp3) is 0.158. The summed E-state index contributed by atoms with van der Waals surface area (Å²) in [6.07, 6.45) is 0. The summed E-state index contributed by atoms with van der Waals surface area (Å²) in [5.74, 6) is -1.98. The van der Waals surface area contributed by atoms with Crippen LogP contribution in [-0.4, -0.2) is 41.7 Å². The van der Waals surface area contributed by atoms with Crippen LogP contribution < -0.4 is 5.32 Å². The first kappa shape index (κ1) is 17.3. The average Bonchev–Trinajstić information content (AvgIpc) is 2.92. The molecule has 0 saturated heterocycles. The van der Waals surface area contributed by atoms with Gasteiger partial charge in [-0.2, -0.15) is 0 Å². The Balaban J connectivity index is 1.74. The molecule has 1 heterocycles. The van der Waals surface area contributed by atoms with Crippen LogP contribution in [0.15, 0.2) is 48.5 Å². The number of nitrogens with zero attached hydrogens (tertiary/aromatic N) is 1. The predicted octanol–water partition coefficient (Wildman–Crippen LogP) is 2.10. The van der Waals surface area contributed by atoms with Crippen molar-refractivity contribution in [2.45, 2.75) is 13.0 Å². The molecular weight excluding hydrogens is 336 g/mol. The van der Waals surface area contributed by atoms with Gasteiger partial charge in [0.15, 0.2) is 0 Å². The quantitative estimate of drug-likeness (QED) is 0.672. The smallest absolute Gasteiger partial charge is 0.337 e. The van der Waals surface area contributed by atoms with Crippen LogP contribution in [0.5, 0.6) is 0 Å². The van der Waals surface area contributed by atoms with Crippen molar-refractivity contribution in [2.75, 3.05) is 12.4 Å². The maximum absolute atomic E-state index is 12.5. The van der Waals surface area contributed by atoms with Crippen molar-refractivity contribution in [1.29, 1.82) is 0 Å². The molecule has 1 aliphatic heterocycles. The summed E-state index contributed by atoms with van der Waals surface area (Å²) in [6.45, 7) is 1.49. The fourth-order valence-electron chi connectivity index (χ4n) is 2.73. The molecule has 7 heteroatoms. The van der Waals surface area contributed by atoms with Gasteiger partial charge in [0.1, 0.15) is 6.04 Å². The van der Waals surface area contributed by atoms with E-state index >= 15 is 0 Å². The molecule has 132 valence electrons. The molecule has 1 aliphatic rings. The van der Waals surface area contributed by atoms with Crippen LogP contribution in [0.25, 0.3) is 0 Å². The zero-order chi connectivity index (χ0) is 18.8. The summed E-state index contributed by atoms with van der Waals surface area (Å²) < 4.78 is 4.61. The molecule has 7 nitrogen and oxygen atoms in total. The third-order valence-electron chi connectivity index (χ3n) is 4.17. The number of nitrogens with one attached hydrogen (secondary N) is 1. The number of benzene rings is 2. The molecule has 3 rings (SSSR count). The van der Waals surface area contributed by atoms with E-state index in [1.54, 1.807) is 36.4 Å². The van der Waals surface area contributed by atoms with Gasteiger partial charge in [-0.25, -0.2) is 4.79 Å². The minimum absolute atomic E-state index is 0.291. The van der Waals surface area contributed by atoms with Gasteiger partial charge in [0, 0.05) is 5.69 Å². The Labute approximate surface area is 149 Å². The molecule has 0 aliphatic carbocycles. The van der Waals surface area contributed by atoms with Crippen molar-refractivity contribution in [3.63, 3.8) is 0 Å². The summed E-state index contributed by atoms with van der Waals surface area (Å²) in [4.78, 5) is 49.7. The van der Waals surface area contributed by atoms with E-state index in [-0.39, 0.29) is 0 Å². The number of ether oxygens (including phenoxy) is 1. The van der Waals surface area contributed by atoms with Crippen LogP contribution in [-0.2, 0) is 9.53 Å². The molecule has 0 bridgehead atoms. The largest absolute Gasteiger partial charge is 0.465 e. The molecule has 0 aromatic heterocycles. The SMILES string of the molecule is COC(=O)c1ccc(NC(=O)[C@H](C)N2C(=O)c3ccccc3C2=O)cc1. The highest BCUT2D eigenvalue weighted by Gasteiger charge is 2.40. The van der Waals surface area contributed by atoms with Crippen LogP contribution in [0.2, 0.25) is 0 Å². The lowest BCUT2D eigenvalue weighted by Crippen LogP contribution is -2.45. The number of imide groups is 1. The molecule has 2 aromatic carbocycles. The summed E-state index contributed by atoms with van der Waals surface area (Å²) >= 11 is 0. The number of carbonyl (C=O) groups excluding carboxylic acids is 4. The summed E-state index contributed by atoms with van der Waals surface area (Å²) in [5.41, 5.74) is 1.36. The number of anilines is 1. The molecule has 1 atom stereocenters. The highest BCUT2D eigenvalue weighted by Crippen LogP contribution is 2.25. The molecule has 0 spiro atoms. The van der Waals surface area contributed by atoms with Gasteiger partial charge in [-0.15, -0.1) is 0 Å². The zero-order valence-electron chi connectivity index (χ0n) is 14.2. The van der Waals surface area contributed by atoms with Crippen molar-refractivity contribution in [2.24, 2.45) is 0 Å². The first-order valence-electron chi connectivity index (χ1n) is 7.90. The van der Waals surface area contributed by atoms with Gasteiger partial charge in [0.2, 0.25) is 5.91 Å². The predicted molar refractivity (Wildman–Crippen MR) is 92.8 cm³/mol. The standard InChI is InChI=1S/C19H16N2O5/c1-11(21-17(23)14-5-3-4-6-15(14)18(21)24)16(22)20-13-9-7-12(8-10-13)19(25)26-2/h3-11H,1-2H3,(H,20,22)/t11-/m0/s1. The average molecular weight is 352 g/mol. The minimum atomic E-state index is -0.984. The number of carbonyl (C=O) groups is 4. The summed E-state index contributed by atoms with van der Waals surface area (Å²) in [5, 5.41) is 2.63. The second-order valence-electron chi connectivity index (χ2n) is 5.76. The summed E-state index contributed by atoms with van der Waals surface area (Å²) in [6, 6.07) is 11.6. The Hall–Kier alpha value is -3.48. The van der Waals surface area contributed by atoms with Crippen molar-refractivity contribution in [3.05, 3.63) is 65.2 Å². The number of methoxy groups -OCH3 is 1. The van der Waals surface area contributed by atoms with Crippen molar-refractivity contribution >= 4 is 29.4 Å². The third-order valence-corrected chi connectivity index (χ3v) is 4.17. The van der Waals surface area contributed by atoms with Crippen LogP contribution in [0.1, 0.15) is 38.0 Å². The molecule has 1 N–H and O–H groups in total. The lowest BCUT2D eigenvalue weighted by atomic mass is 10.1. The molecule has 26 heavy (non-hydrogen) atoms. The zero-order valence-corrected chi connectivity index (χ0v) is 14.2. The molecule has 2 aromatic rings. The Morgan fingerprint density at radius 1 is 0.962 bits per heavy atom. The van der Waals surface area contributed by atoms with Gasteiger partial charge in [-0.3, -0.25) is 19.3 Å². The minimum Gasteiger partial charge on any atom is -0.465 e. The van der Waals surface area contributed by atoms with Crippen LogP contribution in [0, 0.1) is 0 Å². The van der Waals surface area contributed by atoms with Crippen LogP contribution in [0.4, 0.5) is 5.69 Å². The Morgan fingerprint density at radius 3 is 2.00 bits per heavy atom. The highest BCUT2D eigenvalue weighted by atomic mass is 16.5. The first-order valence-corrected chi connectivity index (χ1v) is 7.90. The number of hydrogen-bond acceptors (Lipinski definition) is 5. The molecule has 0 fully saturated rings. The van der Waals surface area contributed by atoms with E-state index in [4.69, 9.17) is 0 Å². The van der Waals surface area contributed by atoms with Crippen molar-refractivity contribution < 1.29 is 23.9 Å². The fourth-order valence-corrected chi connectivity index (χ4v) is 2.73. The van der Waals surface area contributed by atoms with E-state index in [0.29, 0.717) is 22.4 Å². The Morgan fingerprint density at radius 2 is 1.50 bits per heavy atom. The van der Waals surface area contributed by atoms with Gasteiger partial charge in [0.05, 0.1) is 23.8 Å². The Kier molecular flexibility index (Phi) is 4.53. The van der Waals surface area contributed by atoms with E-state index in [9.17, 15) is 19.2 Å². The number of fused-ring (bicyclic) bond motifs is 1. The van der Waals surface area contributed by atoms with E-state index in [2.05, 4.69) is 10.1 Å². The van der Waals surface area contributed by atoms with E-state index < -0.39 is 29.7 Å². The van der Waals surface area contributed by atoms with Crippen LogP contribution >= 0.6 is 0 Å². The number of amides is 3. The third kappa shape index (κ3) is 2.95. The lowest BCUT2D eigenvalue weighted by molar-refractivity contribution is -0.119. The van der Waals surface area contributed by atoms with Crippen molar-refractivity contribution in [3.8, 4) is 0 Å². The van der Waals surface area contributed by atoms with Crippen LogP contribution in [0.3, 0.4) is 0 Å². The number of hydrogen-bond donors (Lipinski definition) is 1. The molecule has 0 saturated carbocycles. The molecule has 3 amide bonds. The topological polar surface area (TPSA) is 92.8 Å². The molecule has 0 radical (unpaired) electrons. The van der Waals surface area contributed by atoms with Gasteiger partial charge in [0.25, 0.3) is 11.8 Å². The van der Waals surface area contributed by atoms with Gasteiger partial charge < -0.3 is 10.1 Å². The maximum Gasteiger partial charge on any atom is 0.337 e. The van der Waals surface area contributed by atoms with Gasteiger partial charge in [-0.1, -0.05) is 12.1 Å².